The summed E-state index contributed by atoms with van der Waals surface area (Å²) in [6, 6.07) is 8.60. The maximum Gasteiger partial charge on any atom is 0.125 e. The number of hydrogen-bond donors (Lipinski definition) is 0. The number of nitrogens with zero attached hydrogens (tertiary/aromatic N) is 1. The molecule has 76 valence electrons. The molecule has 0 amide bonds. The molecule has 1 fully saturated rings. The molecular formula is C12H16FN. The minimum absolute atomic E-state index is 0.593. The predicted octanol–water partition coefficient (Wildman–Crippen LogP) is 2.40. The molecule has 1 aromatic carbocycles. The molecule has 1 aliphatic heterocycles. The Bertz CT molecular complexity index is 288. The molecule has 1 nitrogen and oxygen atoms in total. The third-order valence-electron chi connectivity index (χ3n) is 2.75. The Labute approximate surface area is 84.5 Å². The topological polar surface area (TPSA) is 3.24 Å². The van der Waals surface area contributed by atoms with Crippen LogP contribution in [0.15, 0.2) is 24.3 Å². The molecule has 0 atom stereocenters. The number of likely N-dealkylation sites (tertiary alicyclic amines) is 1. The standard InChI is InChI=1S/C12H16FN/c1-2-10-3-5-11(6-4-10)7-14-8-12(13)9-14/h3-6,12H,2,7-9H2,1H3. The van der Waals surface area contributed by atoms with Crippen molar-refractivity contribution in [3.8, 4) is 0 Å². The molecule has 0 aliphatic carbocycles. The first-order chi connectivity index (χ1) is 6.78. The number of rotatable bonds is 3. The van der Waals surface area contributed by atoms with Gasteiger partial charge in [0.15, 0.2) is 0 Å². The molecule has 2 heteroatoms. The number of benzene rings is 1. The van der Waals surface area contributed by atoms with Crippen molar-refractivity contribution in [2.75, 3.05) is 13.1 Å². The van der Waals surface area contributed by atoms with Gasteiger partial charge < -0.3 is 0 Å². The first-order valence-electron chi connectivity index (χ1n) is 5.22. The van der Waals surface area contributed by atoms with Gasteiger partial charge in [0.05, 0.1) is 0 Å². The van der Waals surface area contributed by atoms with Crippen LogP contribution in [0.4, 0.5) is 4.39 Å². The van der Waals surface area contributed by atoms with Gasteiger partial charge >= 0.3 is 0 Å². The minimum Gasteiger partial charge on any atom is -0.293 e. The van der Waals surface area contributed by atoms with Crippen molar-refractivity contribution >= 4 is 0 Å². The highest BCUT2D eigenvalue weighted by molar-refractivity contribution is 5.22. The van der Waals surface area contributed by atoms with Crippen LogP contribution in [0.25, 0.3) is 0 Å². The Morgan fingerprint density at radius 1 is 1.21 bits per heavy atom. The fourth-order valence-corrected chi connectivity index (χ4v) is 1.77. The third kappa shape index (κ3) is 2.13. The van der Waals surface area contributed by atoms with Gasteiger partial charge in [-0.15, -0.1) is 0 Å². The van der Waals surface area contributed by atoms with E-state index in [9.17, 15) is 4.39 Å². The van der Waals surface area contributed by atoms with E-state index in [4.69, 9.17) is 0 Å². The molecule has 0 saturated carbocycles. The van der Waals surface area contributed by atoms with Crippen LogP contribution in [-0.4, -0.2) is 24.2 Å². The van der Waals surface area contributed by atoms with Gasteiger partial charge in [0, 0.05) is 19.6 Å². The Morgan fingerprint density at radius 2 is 1.79 bits per heavy atom. The molecule has 0 N–H and O–H groups in total. The Balaban J connectivity index is 1.90. The third-order valence-corrected chi connectivity index (χ3v) is 2.75. The molecule has 0 unspecified atom stereocenters. The summed E-state index contributed by atoms with van der Waals surface area (Å²) in [5, 5.41) is 0. The van der Waals surface area contributed by atoms with Crippen LogP contribution in [-0.2, 0) is 13.0 Å². The van der Waals surface area contributed by atoms with Gasteiger partial charge in [-0.2, -0.15) is 0 Å². The molecule has 0 spiro atoms. The van der Waals surface area contributed by atoms with Crippen LogP contribution in [0.3, 0.4) is 0 Å². The first kappa shape index (κ1) is 9.66. The van der Waals surface area contributed by atoms with E-state index in [0.717, 1.165) is 13.0 Å². The lowest BCUT2D eigenvalue weighted by Gasteiger charge is -2.34. The van der Waals surface area contributed by atoms with Crippen molar-refractivity contribution < 1.29 is 4.39 Å². The SMILES string of the molecule is CCc1ccc(CN2CC(F)C2)cc1. The second kappa shape index (κ2) is 4.09. The molecule has 1 aromatic rings. The molecule has 1 heterocycles. The molecule has 1 aliphatic rings. The highest BCUT2D eigenvalue weighted by Gasteiger charge is 2.25. The summed E-state index contributed by atoms with van der Waals surface area (Å²) in [7, 11) is 0. The van der Waals surface area contributed by atoms with E-state index >= 15 is 0 Å². The van der Waals surface area contributed by atoms with Crippen LogP contribution in [0.1, 0.15) is 18.1 Å². The van der Waals surface area contributed by atoms with Crippen molar-refractivity contribution in [1.82, 2.24) is 4.90 Å². The van der Waals surface area contributed by atoms with Crippen LogP contribution in [0.2, 0.25) is 0 Å². The normalized spacial score (nSPS) is 18.1. The lowest BCUT2D eigenvalue weighted by molar-refractivity contribution is 0.0591. The van der Waals surface area contributed by atoms with Crippen LogP contribution in [0, 0.1) is 0 Å². The molecule has 2 rings (SSSR count). The Kier molecular flexibility index (Phi) is 2.82. The molecular weight excluding hydrogens is 177 g/mol. The zero-order valence-electron chi connectivity index (χ0n) is 8.54. The number of alkyl halides is 1. The number of aryl methyl sites for hydroxylation is 1. The van der Waals surface area contributed by atoms with E-state index in [0.29, 0.717) is 13.1 Å². The van der Waals surface area contributed by atoms with Crippen LogP contribution < -0.4 is 0 Å². The summed E-state index contributed by atoms with van der Waals surface area (Å²) in [5.41, 5.74) is 2.65. The van der Waals surface area contributed by atoms with Crippen molar-refractivity contribution in [1.29, 1.82) is 0 Å². The lowest BCUT2D eigenvalue weighted by Crippen LogP contribution is -2.47. The number of halogens is 1. The summed E-state index contributed by atoms with van der Waals surface area (Å²) >= 11 is 0. The van der Waals surface area contributed by atoms with Gasteiger partial charge in [-0.05, 0) is 17.5 Å². The first-order valence-corrected chi connectivity index (χ1v) is 5.22. The van der Waals surface area contributed by atoms with Crippen LogP contribution >= 0.6 is 0 Å². The van der Waals surface area contributed by atoms with E-state index in [2.05, 4.69) is 36.1 Å². The zero-order valence-corrected chi connectivity index (χ0v) is 8.54. The van der Waals surface area contributed by atoms with E-state index in [1.807, 2.05) is 0 Å². The molecule has 0 aromatic heterocycles. The lowest BCUT2D eigenvalue weighted by atomic mass is 10.1. The van der Waals surface area contributed by atoms with Gasteiger partial charge in [-0.3, -0.25) is 4.90 Å². The monoisotopic (exact) mass is 193 g/mol. The second-order valence-electron chi connectivity index (χ2n) is 3.96. The maximum atomic E-state index is 12.5. The molecule has 1 saturated heterocycles. The summed E-state index contributed by atoms with van der Waals surface area (Å²) in [6.45, 7) is 4.26. The zero-order chi connectivity index (χ0) is 9.97. The highest BCUT2D eigenvalue weighted by Crippen LogP contribution is 2.15. The number of hydrogen-bond acceptors (Lipinski definition) is 1. The van der Waals surface area contributed by atoms with Gasteiger partial charge in [-0.25, -0.2) is 4.39 Å². The van der Waals surface area contributed by atoms with E-state index in [1.54, 1.807) is 0 Å². The fraction of sp³-hybridized carbons (Fsp3) is 0.500. The quantitative estimate of drug-likeness (QED) is 0.712. The molecule has 0 bridgehead atoms. The van der Waals surface area contributed by atoms with Crippen molar-refractivity contribution in [2.24, 2.45) is 0 Å². The Morgan fingerprint density at radius 3 is 2.29 bits per heavy atom. The van der Waals surface area contributed by atoms with Crippen LogP contribution in [0.5, 0.6) is 0 Å². The second-order valence-corrected chi connectivity index (χ2v) is 3.96. The van der Waals surface area contributed by atoms with Crippen molar-refractivity contribution in [3.63, 3.8) is 0 Å². The average molecular weight is 193 g/mol. The van der Waals surface area contributed by atoms with Gasteiger partial charge in [0.2, 0.25) is 0 Å². The predicted molar refractivity (Wildman–Crippen MR) is 56.0 cm³/mol. The van der Waals surface area contributed by atoms with E-state index in [-0.39, 0.29) is 0 Å². The smallest absolute Gasteiger partial charge is 0.125 e. The van der Waals surface area contributed by atoms with Gasteiger partial charge in [-0.1, -0.05) is 31.2 Å². The van der Waals surface area contributed by atoms with E-state index in [1.165, 1.54) is 11.1 Å². The largest absolute Gasteiger partial charge is 0.293 e. The molecule has 0 radical (unpaired) electrons. The summed E-state index contributed by atoms with van der Waals surface area (Å²) < 4.78 is 12.5. The minimum atomic E-state index is -0.593. The van der Waals surface area contributed by atoms with Gasteiger partial charge in [0.1, 0.15) is 6.17 Å². The highest BCUT2D eigenvalue weighted by atomic mass is 19.1. The molecule has 14 heavy (non-hydrogen) atoms. The maximum absolute atomic E-state index is 12.5. The van der Waals surface area contributed by atoms with Crippen molar-refractivity contribution in [3.05, 3.63) is 35.4 Å². The van der Waals surface area contributed by atoms with Gasteiger partial charge in [0.25, 0.3) is 0 Å². The fourth-order valence-electron chi connectivity index (χ4n) is 1.77. The summed E-state index contributed by atoms with van der Waals surface area (Å²) in [4.78, 5) is 2.13. The van der Waals surface area contributed by atoms with Crippen molar-refractivity contribution in [2.45, 2.75) is 26.1 Å². The summed E-state index contributed by atoms with van der Waals surface area (Å²) in [5.74, 6) is 0. The summed E-state index contributed by atoms with van der Waals surface area (Å²) in [6.07, 6.45) is 0.487. The van der Waals surface area contributed by atoms with E-state index < -0.39 is 6.17 Å². The Hall–Kier alpha value is -0.890. The average Bonchev–Trinajstić information content (AvgIpc) is 2.17.